The van der Waals surface area contributed by atoms with E-state index in [-0.39, 0.29) is 11.9 Å². The van der Waals surface area contributed by atoms with Crippen LogP contribution in [0.5, 0.6) is 5.75 Å². The highest BCUT2D eigenvalue weighted by Gasteiger charge is 2.27. The molecule has 0 unspecified atom stereocenters. The van der Waals surface area contributed by atoms with Gasteiger partial charge in [-0.1, -0.05) is 12.8 Å². The highest BCUT2D eigenvalue weighted by molar-refractivity contribution is 5.95. The van der Waals surface area contributed by atoms with Gasteiger partial charge in [0, 0.05) is 18.7 Å². The van der Waals surface area contributed by atoms with Crippen LogP contribution in [0.3, 0.4) is 0 Å². The standard InChI is InChI=1S/C15H21N3O3/c1-10(19)17-13-9-12(7-8-14(13)21-2)18(15(16)20)11-5-3-4-6-11/h7-9,11H,3-6H2,1-2H3,(H2,16,20)(H,17,19). The normalized spacial score (nSPS) is 14.8. The predicted molar refractivity (Wildman–Crippen MR) is 81.6 cm³/mol. The first-order valence-corrected chi connectivity index (χ1v) is 7.07. The van der Waals surface area contributed by atoms with Crippen LogP contribution in [0.15, 0.2) is 18.2 Å². The maximum atomic E-state index is 11.8. The predicted octanol–water partition coefficient (Wildman–Crippen LogP) is 2.48. The second-order valence-corrected chi connectivity index (χ2v) is 5.21. The second-order valence-electron chi connectivity index (χ2n) is 5.21. The number of carbonyl (C=O) groups excluding carboxylic acids is 2. The van der Waals surface area contributed by atoms with Crippen LogP contribution in [0, 0.1) is 0 Å². The largest absolute Gasteiger partial charge is 0.495 e. The topological polar surface area (TPSA) is 84.7 Å². The zero-order valence-electron chi connectivity index (χ0n) is 12.4. The number of urea groups is 1. The molecule has 0 radical (unpaired) electrons. The van der Waals surface area contributed by atoms with E-state index in [9.17, 15) is 9.59 Å². The summed E-state index contributed by atoms with van der Waals surface area (Å²) in [4.78, 5) is 24.7. The lowest BCUT2D eigenvalue weighted by molar-refractivity contribution is -0.114. The number of anilines is 2. The van der Waals surface area contributed by atoms with Crippen molar-refractivity contribution in [3.05, 3.63) is 18.2 Å². The fraction of sp³-hybridized carbons (Fsp3) is 0.467. The minimum absolute atomic E-state index is 0.126. The first kappa shape index (κ1) is 15.2. The smallest absolute Gasteiger partial charge is 0.319 e. The summed E-state index contributed by atoms with van der Waals surface area (Å²) in [6.07, 6.45) is 4.10. The first-order valence-electron chi connectivity index (χ1n) is 7.07. The zero-order chi connectivity index (χ0) is 15.4. The number of amides is 3. The molecule has 6 heteroatoms. The molecule has 114 valence electrons. The van der Waals surface area contributed by atoms with Gasteiger partial charge in [-0.3, -0.25) is 9.69 Å². The van der Waals surface area contributed by atoms with Crippen molar-refractivity contribution in [2.75, 3.05) is 17.3 Å². The Kier molecular flexibility index (Phi) is 4.67. The lowest BCUT2D eigenvalue weighted by atomic mass is 10.1. The molecule has 3 N–H and O–H groups in total. The van der Waals surface area contributed by atoms with Gasteiger partial charge in [-0.2, -0.15) is 0 Å². The Hall–Kier alpha value is -2.24. The van der Waals surface area contributed by atoms with Crippen LogP contribution in [-0.2, 0) is 4.79 Å². The number of methoxy groups -OCH3 is 1. The van der Waals surface area contributed by atoms with Crippen LogP contribution in [0.2, 0.25) is 0 Å². The van der Waals surface area contributed by atoms with Crippen LogP contribution in [0.1, 0.15) is 32.6 Å². The number of primary amides is 1. The molecule has 1 saturated carbocycles. The number of nitrogens with zero attached hydrogens (tertiary/aromatic N) is 1. The lowest BCUT2D eigenvalue weighted by Crippen LogP contribution is -2.42. The van der Waals surface area contributed by atoms with Crippen LogP contribution in [0.25, 0.3) is 0 Å². The Balaban J connectivity index is 2.36. The van der Waals surface area contributed by atoms with Gasteiger partial charge in [0.25, 0.3) is 0 Å². The van der Waals surface area contributed by atoms with Crippen molar-refractivity contribution in [2.24, 2.45) is 5.73 Å². The fourth-order valence-electron chi connectivity index (χ4n) is 2.81. The zero-order valence-corrected chi connectivity index (χ0v) is 12.4. The fourth-order valence-corrected chi connectivity index (χ4v) is 2.81. The molecule has 3 amide bonds. The Bertz CT molecular complexity index is 539. The molecular formula is C15H21N3O3. The monoisotopic (exact) mass is 291 g/mol. The van der Waals surface area contributed by atoms with E-state index >= 15 is 0 Å². The molecule has 0 bridgehead atoms. The molecule has 1 aromatic rings. The van der Waals surface area contributed by atoms with Gasteiger partial charge in [-0.25, -0.2) is 4.79 Å². The molecule has 1 aromatic carbocycles. The van der Waals surface area contributed by atoms with E-state index in [1.54, 1.807) is 23.1 Å². The molecule has 21 heavy (non-hydrogen) atoms. The number of nitrogens with two attached hydrogens (primary N) is 1. The molecule has 1 fully saturated rings. The second kappa shape index (κ2) is 6.47. The molecule has 0 spiro atoms. The summed E-state index contributed by atoms with van der Waals surface area (Å²) in [6, 6.07) is 4.89. The molecule has 0 heterocycles. The number of ether oxygens (including phenoxy) is 1. The average molecular weight is 291 g/mol. The molecular weight excluding hydrogens is 270 g/mol. The molecule has 0 aromatic heterocycles. The summed E-state index contributed by atoms with van der Waals surface area (Å²) in [7, 11) is 1.53. The summed E-state index contributed by atoms with van der Waals surface area (Å²) in [5, 5.41) is 2.71. The molecule has 6 nitrogen and oxygen atoms in total. The third kappa shape index (κ3) is 3.45. The SMILES string of the molecule is COc1ccc(N(C(N)=O)C2CCCC2)cc1NC(C)=O. The Morgan fingerprint density at radius 3 is 2.52 bits per heavy atom. The summed E-state index contributed by atoms with van der Waals surface area (Å²) < 4.78 is 5.22. The van der Waals surface area contributed by atoms with Crippen molar-refractivity contribution in [1.82, 2.24) is 0 Å². The number of rotatable bonds is 4. The number of hydrogen-bond donors (Lipinski definition) is 2. The van der Waals surface area contributed by atoms with Gasteiger partial charge >= 0.3 is 6.03 Å². The van der Waals surface area contributed by atoms with Crippen molar-refractivity contribution in [3.63, 3.8) is 0 Å². The Morgan fingerprint density at radius 2 is 2.00 bits per heavy atom. The van der Waals surface area contributed by atoms with E-state index in [1.807, 2.05) is 0 Å². The van der Waals surface area contributed by atoms with Gasteiger partial charge in [0.05, 0.1) is 12.8 Å². The Morgan fingerprint density at radius 1 is 1.33 bits per heavy atom. The molecule has 0 saturated heterocycles. The quantitative estimate of drug-likeness (QED) is 0.893. The van der Waals surface area contributed by atoms with E-state index < -0.39 is 6.03 Å². The Labute approximate surface area is 124 Å². The molecule has 1 aliphatic carbocycles. The van der Waals surface area contributed by atoms with Gasteiger partial charge < -0.3 is 15.8 Å². The van der Waals surface area contributed by atoms with Crippen LogP contribution in [-0.4, -0.2) is 25.1 Å². The summed E-state index contributed by atoms with van der Waals surface area (Å²) in [5.74, 6) is 0.349. The molecule has 0 aliphatic heterocycles. The van der Waals surface area contributed by atoms with Crippen LogP contribution in [0.4, 0.5) is 16.2 Å². The van der Waals surface area contributed by atoms with E-state index in [0.717, 1.165) is 25.7 Å². The third-order valence-corrected chi connectivity index (χ3v) is 3.70. The maximum Gasteiger partial charge on any atom is 0.319 e. The summed E-state index contributed by atoms with van der Waals surface area (Å²) in [6.45, 7) is 1.43. The van der Waals surface area contributed by atoms with Crippen LogP contribution < -0.4 is 20.7 Å². The van der Waals surface area contributed by atoms with Crippen molar-refractivity contribution < 1.29 is 14.3 Å². The third-order valence-electron chi connectivity index (χ3n) is 3.70. The minimum atomic E-state index is -0.471. The van der Waals surface area contributed by atoms with Gasteiger partial charge in [0.2, 0.25) is 5.91 Å². The van der Waals surface area contributed by atoms with Crippen molar-refractivity contribution in [2.45, 2.75) is 38.6 Å². The molecule has 2 rings (SSSR count). The first-order chi connectivity index (χ1) is 10.0. The minimum Gasteiger partial charge on any atom is -0.495 e. The molecule has 0 atom stereocenters. The van der Waals surface area contributed by atoms with Gasteiger partial charge in [-0.15, -0.1) is 0 Å². The number of carbonyl (C=O) groups is 2. The van der Waals surface area contributed by atoms with Crippen molar-refractivity contribution >= 4 is 23.3 Å². The van der Waals surface area contributed by atoms with E-state index in [0.29, 0.717) is 17.1 Å². The van der Waals surface area contributed by atoms with Gasteiger partial charge in [0.1, 0.15) is 5.75 Å². The highest BCUT2D eigenvalue weighted by atomic mass is 16.5. The average Bonchev–Trinajstić information content (AvgIpc) is 2.92. The lowest BCUT2D eigenvalue weighted by Gasteiger charge is -2.28. The number of benzene rings is 1. The highest BCUT2D eigenvalue weighted by Crippen LogP contribution is 2.33. The number of nitrogens with one attached hydrogen (secondary N) is 1. The van der Waals surface area contributed by atoms with Crippen molar-refractivity contribution in [1.29, 1.82) is 0 Å². The van der Waals surface area contributed by atoms with Crippen LogP contribution >= 0.6 is 0 Å². The van der Waals surface area contributed by atoms with Gasteiger partial charge in [-0.05, 0) is 31.0 Å². The van der Waals surface area contributed by atoms with E-state index in [2.05, 4.69) is 5.32 Å². The summed E-state index contributed by atoms with van der Waals surface area (Å²) in [5.41, 5.74) is 6.75. The maximum absolute atomic E-state index is 11.8. The summed E-state index contributed by atoms with van der Waals surface area (Å²) >= 11 is 0. The van der Waals surface area contributed by atoms with E-state index in [4.69, 9.17) is 10.5 Å². The molecule has 1 aliphatic rings. The number of hydrogen-bond acceptors (Lipinski definition) is 3. The van der Waals surface area contributed by atoms with E-state index in [1.165, 1.54) is 14.0 Å². The van der Waals surface area contributed by atoms with Gasteiger partial charge in [0.15, 0.2) is 0 Å². The van der Waals surface area contributed by atoms with Crippen molar-refractivity contribution in [3.8, 4) is 5.75 Å².